The summed E-state index contributed by atoms with van der Waals surface area (Å²) in [7, 11) is 1.32. The maximum Gasteiger partial charge on any atom is 0.367 e. The third-order valence-corrected chi connectivity index (χ3v) is 7.98. The number of ether oxygens (including phenoxy) is 6. The van der Waals surface area contributed by atoms with Crippen LogP contribution in [0.5, 0.6) is 5.75 Å². The van der Waals surface area contributed by atoms with Crippen molar-refractivity contribution in [3.8, 4) is 5.75 Å². The number of aliphatic hydroxyl groups is 1. The number of carbonyl (C=O) groups excluding carboxylic acids is 1. The van der Waals surface area contributed by atoms with Crippen molar-refractivity contribution < 1.29 is 42.7 Å². The highest BCUT2D eigenvalue weighted by atomic mass is 19.1. The average molecular weight is 589 g/mol. The van der Waals surface area contributed by atoms with E-state index in [9.17, 15) is 14.3 Å². The van der Waals surface area contributed by atoms with Crippen LogP contribution >= 0.6 is 0 Å². The first-order chi connectivity index (χ1) is 20.5. The van der Waals surface area contributed by atoms with E-state index >= 15 is 0 Å². The first kappa shape index (κ1) is 32.4. The Labute approximate surface area is 248 Å². The van der Waals surface area contributed by atoms with Crippen molar-refractivity contribution >= 4 is 5.97 Å². The second-order valence-corrected chi connectivity index (χ2v) is 11.1. The summed E-state index contributed by atoms with van der Waals surface area (Å²) in [5.41, 5.74) is 3.18. The minimum Gasteiger partial charge on any atom is -0.493 e. The zero-order valence-corrected chi connectivity index (χ0v) is 24.6. The minimum atomic E-state index is -1.70. The lowest BCUT2D eigenvalue weighted by atomic mass is 9.91. The van der Waals surface area contributed by atoms with Gasteiger partial charge in [-0.1, -0.05) is 18.2 Å². The summed E-state index contributed by atoms with van der Waals surface area (Å²) in [6.07, 6.45) is 14.5. The highest BCUT2D eigenvalue weighted by Gasteiger charge is 2.47. The van der Waals surface area contributed by atoms with Crippen LogP contribution in [-0.2, 0) is 28.5 Å². The Morgan fingerprint density at radius 1 is 1.07 bits per heavy atom. The number of allylic oxidation sites excluding steroid dienone is 1. The van der Waals surface area contributed by atoms with Gasteiger partial charge in [0.1, 0.15) is 11.6 Å². The maximum absolute atomic E-state index is 13.3. The topological polar surface area (TPSA) is 92.7 Å². The van der Waals surface area contributed by atoms with E-state index in [-0.39, 0.29) is 24.1 Å². The molecule has 2 saturated heterocycles. The highest BCUT2D eigenvalue weighted by molar-refractivity contribution is 5.78. The molecule has 0 aromatic heterocycles. The van der Waals surface area contributed by atoms with Gasteiger partial charge >= 0.3 is 5.97 Å². The van der Waals surface area contributed by atoms with Gasteiger partial charge in [0.15, 0.2) is 12.6 Å². The summed E-state index contributed by atoms with van der Waals surface area (Å²) >= 11 is 0. The number of hydrogen-bond acceptors (Lipinski definition) is 8. The molecule has 1 saturated carbocycles. The Kier molecular flexibility index (Phi) is 13.1. The first-order valence-corrected chi connectivity index (χ1v) is 15.3. The standard InChI is InChI=1S/C33H45FO8/c1-37-32(36)33(41-30-16-5-9-22-39-30,42-31-17-6-10-23-40-31)20-7-2-3-15-28-25(18-19-29(28)35)12-4-8-21-38-27-14-11-13-26(34)24-27/h3-4,7,11-14,24-25,28-31,35H,5-6,8-10,15-23H2,1H3/b12-4+/t2?,25-,28+,29-,30?,31?,33?/m0/s1. The number of benzene rings is 1. The van der Waals surface area contributed by atoms with Crippen molar-refractivity contribution in [1.29, 1.82) is 0 Å². The van der Waals surface area contributed by atoms with Crippen molar-refractivity contribution in [3.05, 3.63) is 60.1 Å². The van der Waals surface area contributed by atoms with Gasteiger partial charge in [-0.2, -0.15) is 0 Å². The molecule has 1 N–H and O–H groups in total. The quantitative estimate of drug-likeness (QED) is 0.0933. The first-order valence-electron chi connectivity index (χ1n) is 15.3. The molecule has 2 aliphatic heterocycles. The van der Waals surface area contributed by atoms with Crippen LogP contribution in [0.15, 0.2) is 54.3 Å². The highest BCUT2D eigenvalue weighted by Crippen LogP contribution is 2.36. The van der Waals surface area contributed by atoms with Gasteiger partial charge in [-0.25, -0.2) is 9.18 Å². The fourth-order valence-corrected chi connectivity index (χ4v) is 5.69. The van der Waals surface area contributed by atoms with Crippen LogP contribution in [-0.4, -0.2) is 62.5 Å². The molecule has 3 aliphatic rings. The van der Waals surface area contributed by atoms with Crippen LogP contribution in [0.3, 0.4) is 0 Å². The Hall–Kier alpha value is -2.52. The monoisotopic (exact) mass is 588 g/mol. The molecule has 1 aromatic carbocycles. The SMILES string of the molecule is COC(=O)C(CC=C=CC[C@H]1[C@@H](O)CC[C@@H]1/C=C/CCOc1cccc(F)c1)(OC1CCCCO1)OC1CCCCO1. The Morgan fingerprint density at radius 3 is 2.45 bits per heavy atom. The molecular formula is C33H45FO8. The van der Waals surface area contributed by atoms with Gasteiger partial charge in [-0.3, -0.25) is 0 Å². The number of esters is 1. The van der Waals surface area contributed by atoms with Gasteiger partial charge in [0.2, 0.25) is 0 Å². The summed E-state index contributed by atoms with van der Waals surface area (Å²) in [6, 6.07) is 6.11. The van der Waals surface area contributed by atoms with Crippen LogP contribution in [0, 0.1) is 17.7 Å². The molecule has 1 aromatic rings. The maximum atomic E-state index is 13.3. The molecule has 5 atom stereocenters. The molecule has 42 heavy (non-hydrogen) atoms. The van der Waals surface area contributed by atoms with Crippen molar-refractivity contribution in [2.75, 3.05) is 26.9 Å². The lowest BCUT2D eigenvalue weighted by Gasteiger charge is -2.38. The summed E-state index contributed by atoms with van der Waals surface area (Å²) in [6.45, 7) is 1.58. The van der Waals surface area contributed by atoms with E-state index in [2.05, 4.69) is 17.9 Å². The van der Waals surface area contributed by atoms with E-state index < -0.39 is 30.4 Å². The largest absolute Gasteiger partial charge is 0.493 e. The third kappa shape index (κ3) is 9.76. The Bertz CT molecular complexity index is 1040. The predicted octanol–water partition coefficient (Wildman–Crippen LogP) is 5.99. The van der Waals surface area contributed by atoms with Gasteiger partial charge in [-0.15, -0.1) is 5.73 Å². The van der Waals surface area contributed by atoms with E-state index in [0.29, 0.717) is 51.3 Å². The summed E-state index contributed by atoms with van der Waals surface area (Å²) in [5.74, 6) is -1.85. The molecule has 1 aliphatic carbocycles. The van der Waals surface area contributed by atoms with Gasteiger partial charge in [0, 0.05) is 25.7 Å². The zero-order chi connectivity index (χ0) is 29.6. The summed E-state index contributed by atoms with van der Waals surface area (Å²) in [5, 5.41) is 10.6. The molecule has 8 nitrogen and oxygen atoms in total. The third-order valence-electron chi connectivity index (χ3n) is 7.98. The van der Waals surface area contributed by atoms with Crippen LogP contribution in [0.4, 0.5) is 4.39 Å². The second kappa shape index (κ2) is 16.9. The number of aliphatic hydroxyl groups excluding tert-OH is 1. The molecular weight excluding hydrogens is 543 g/mol. The van der Waals surface area contributed by atoms with E-state index in [4.69, 9.17) is 28.4 Å². The van der Waals surface area contributed by atoms with Crippen LogP contribution in [0.25, 0.3) is 0 Å². The molecule has 0 amide bonds. The lowest BCUT2D eigenvalue weighted by molar-refractivity contribution is -0.350. The molecule has 0 bridgehead atoms. The Balaban J connectivity index is 1.34. The second-order valence-electron chi connectivity index (χ2n) is 11.1. The van der Waals surface area contributed by atoms with Crippen molar-refractivity contribution in [2.45, 2.75) is 95.1 Å². The fourth-order valence-electron chi connectivity index (χ4n) is 5.69. The van der Waals surface area contributed by atoms with Crippen molar-refractivity contribution in [3.63, 3.8) is 0 Å². The molecule has 2 heterocycles. The average Bonchev–Trinajstić information content (AvgIpc) is 3.36. The van der Waals surface area contributed by atoms with E-state index in [1.54, 1.807) is 18.2 Å². The van der Waals surface area contributed by atoms with Gasteiger partial charge in [-0.05, 0) is 100 Å². The van der Waals surface area contributed by atoms with E-state index in [1.807, 2.05) is 6.08 Å². The minimum absolute atomic E-state index is 0.0652. The summed E-state index contributed by atoms with van der Waals surface area (Å²) in [4.78, 5) is 13.1. The van der Waals surface area contributed by atoms with Crippen LogP contribution < -0.4 is 4.74 Å². The van der Waals surface area contributed by atoms with Gasteiger partial charge in [0.05, 0.1) is 19.8 Å². The normalized spacial score (nSPS) is 27.6. The smallest absolute Gasteiger partial charge is 0.367 e. The lowest BCUT2D eigenvalue weighted by Crippen LogP contribution is -2.51. The Morgan fingerprint density at radius 2 is 1.81 bits per heavy atom. The molecule has 232 valence electrons. The molecule has 9 heteroatoms. The van der Waals surface area contributed by atoms with E-state index in [0.717, 1.165) is 38.5 Å². The van der Waals surface area contributed by atoms with E-state index in [1.165, 1.54) is 19.2 Å². The molecule has 4 rings (SSSR count). The zero-order valence-electron chi connectivity index (χ0n) is 24.6. The number of rotatable bonds is 14. The molecule has 0 radical (unpaired) electrons. The van der Waals surface area contributed by atoms with Crippen molar-refractivity contribution in [2.24, 2.45) is 11.8 Å². The van der Waals surface area contributed by atoms with Crippen LogP contribution in [0.1, 0.15) is 70.6 Å². The van der Waals surface area contributed by atoms with Crippen molar-refractivity contribution in [1.82, 2.24) is 0 Å². The van der Waals surface area contributed by atoms with Gasteiger partial charge in [0.25, 0.3) is 5.79 Å². The predicted molar refractivity (Wildman–Crippen MR) is 154 cm³/mol. The molecule has 3 fully saturated rings. The van der Waals surface area contributed by atoms with Gasteiger partial charge < -0.3 is 33.5 Å². The fraction of sp³-hybridized carbons (Fsp3) is 0.636. The molecule has 0 spiro atoms. The number of hydrogen-bond donors (Lipinski definition) is 1. The van der Waals surface area contributed by atoms with Crippen LogP contribution in [0.2, 0.25) is 0 Å². The molecule has 2 unspecified atom stereocenters. The number of halogens is 1. The number of carbonyl (C=O) groups is 1. The summed E-state index contributed by atoms with van der Waals surface area (Å²) < 4.78 is 47.9. The number of methoxy groups -OCH3 is 1.